The third-order valence-electron chi connectivity index (χ3n) is 6.45. The van der Waals surface area contributed by atoms with Gasteiger partial charge in [-0.3, -0.25) is 0 Å². The molecule has 0 aromatic heterocycles. The van der Waals surface area contributed by atoms with Crippen LogP contribution >= 0.6 is 0 Å². The molecule has 4 rings (SSSR count). The molecule has 206 valence electrons. The molecule has 0 radical (unpaired) electrons. The van der Waals surface area contributed by atoms with E-state index in [2.05, 4.69) is 13.2 Å². The first-order chi connectivity index (χ1) is 19.4. The molecule has 1 fully saturated rings. The van der Waals surface area contributed by atoms with Crippen LogP contribution in [0.5, 0.6) is 17.2 Å². The van der Waals surface area contributed by atoms with E-state index in [0.717, 1.165) is 49.3 Å². The van der Waals surface area contributed by atoms with Crippen LogP contribution in [0, 0.1) is 0 Å². The number of esters is 3. The average molecular weight is 541 g/mol. The SMILES string of the molecule is C=CC(=O)Oc1ccc(-c2ccc(OC(=O)c3ccc(OCCCCCCC4CC(=C)C(=O)O4)cc3)cc2)cc1. The molecule has 1 saturated heterocycles. The molecule has 0 spiro atoms. The van der Waals surface area contributed by atoms with Gasteiger partial charge in [0, 0.05) is 18.1 Å². The van der Waals surface area contributed by atoms with E-state index in [-0.39, 0.29) is 12.1 Å². The molecule has 1 heterocycles. The number of cyclic esters (lactones) is 1. The van der Waals surface area contributed by atoms with E-state index in [1.165, 1.54) is 0 Å². The smallest absolute Gasteiger partial charge is 0.343 e. The zero-order valence-electron chi connectivity index (χ0n) is 22.3. The van der Waals surface area contributed by atoms with Crippen molar-refractivity contribution in [2.45, 2.75) is 44.6 Å². The third-order valence-corrected chi connectivity index (χ3v) is 6.45. The fourth-order valence-electron chi connectivity index (χ4n) is 4.26. The van der Waals surface area contributed by atoms with Gasteiger partial charge in [0.2, 0.25) is 0 Å². The van der Waals surface area contributed by atoms with Crippen LogP contribution in [0.1, 0.15) is 48.9 Å². The maximum atomic E-state index is 12.6. The maximum Gasteiger partial charge on any atom is 0.343 e. The van der Waals surface area contributed by atoms with E-state index in [1.807, 2.05) is 24.3 Å². The van der Waals surface area contributed by atoms with Crippen LogP contribution in [0.2, 0.25) is 0 Å². The lowest BCUT2D eigenvalue weighted by molar-refractivity contribution is -0.139. The number of hydrogen-bond acceptors (Lipinski definition) is 7. The molecule has 7 nitrogen and oxygen atoms in total. The number of benzene rings is 3. The summed E-state index contributed by atoms with van der Waals surface area (Å²) in [7, 11) is 0. The molecule has 0 N–H and O–H groups in total. The monoisotopic (exact) mass is 540 g/mol. The van der Waals surface area contributed by atoms with Gasteiger partial charge in [0.05, 0.1) is 12.2 Å². The van der Waals surface area contributed by atoms with Crippen LogP contribution in [0.4, 0.5) is 0 Å². The summed E-state index contributed by atoms with van der Waals surface area (Å²) in [6.45, 7) is 7.68. The number of carbonyl (C=O) groups excluding carboxylic acids is 3. The van der Waals surface area contributed by atoms with Crippen LogP contribution in [-0.2, 0) is 14.3 Å². The second kappa shape index (κ2) is 13.9. The normalized spacial score (nSPS) is 14.3. The Hall–Kier alpha value is -4.65. The first-order valence-electron chi connectivity index (χ1n) is 13.3. The lowest BCUT2D eigenvalue weighted by atomic mass is 10.1. The first kappa shape index (κ1) is 28.4. The Kier molecular flexibility index (Phi) is 9.88. The fourth-order valence-corrected chi connectivity index (χ4v) is 4.26. The summed E-state index contributed by atoms with van der Waals surface area (Å²) in [5.74, 6) is 0.335. The summed E-state index contributed by atoms with van der Waals surface area (Å²) < 4.78 is 21.6. The highest BCUT2D eigenvalue weighted by Crippen LogP contribution is 2.26. The molecule has 7 heteroatoms. The molecule has 0 saturated carbocycles. The standard InChI is InChI=1S/C33H32O7/c1-3-31(34)38-28-17-9-24(10-18-28)25-11-19-29(20-12-25)39-33(36)26-13-15-27(16-14-26)37-21-7-5-4-6-8-30-22-23(2)32(35)40-30/h3,9-20,30H,1-2,4-8,21-22H2. The predicted octanol–water partition coefficient (Wildman–Crippen LogP) is 6.87. The van der Waals surface area contributed by atoms with Crippen molar-refractivity contribution in [2.75, 3.05) is 6.61 Å². The molecular weight excluding hydrogens is 508 g/mol. The molecule has 0 aliphatic carbocycles. The summed E-state index contributed by atoms with van der Waals surface area (Å²) in [5.41, 5.74) is 2.85. The largest absolute Gasteiger partial charge is 0.494 e. The first-order valence-corrected chi connectivity index (χ1v) is 13.3. The minimum absolute atomic E-state index is 0.0119. The van der Waals surface area contributed by atoms with Crippen LogP contribution in [-0.4, -0.2) is 30.6 Å². The molecule has 1 aliphatic rings. The van der Waals surface area contributed by atoms with Gasteiger partial charge in [-0.1, -0.05) is 50.3 Å². The van der Waals surface area contributed by atoms with Crippen LogP contribution in [0.3, 0.4) is 0 Å². The van der Waals surface area contributed by atoms with Gasteiger partial charge in [-0.05, 0) is 78.9 Å². The Morgan fingerprint density at radius 1 is 0.800 bits per heavy atom. The molecule has 0 amide bonds. The van der Waals surface area contributed by atoms with Crippen molar-refractivity contribution < 1.29 is 33.3 Å². The van der Waals surface area contributed by atoms with Crippen molar-refractivity contribution in [3.63, 3.8) is 0 Å². The van der Waals surface area contributed by atoms with E-state index < -0.39 is 11.9 Å². The highest BCUT2D eigenvalue weighted by Gasteiger charge is 2.26. The molecule has 1 aliphatic heterocycles. The van der Waals surface area contributed by atoms with Gasteiger partial charge in [-0.15, -0.1) is 0 Å². The van der Waals surface area contributed by atoms with Crippen molar-refractivity contribution in [3.8, 4) is 28.4 Å². The topological polar surface area (TPSA) is 88.1 Å². The fraction of sp³-hybridized carbons (Fsp3) is 0.242. The van der Waals surface area contributed by atoms with Crippen molar-refractivity contribution in [1.82, 2.24) is 0 Å². The highest BCUT2D eigenvalue weighted by atomic mass is 16.6. The third kappa shape index (κ3) is 8.17. The Balaban J connectivity index is 1.16. The minimum Gasteiger partial charge on any atom is -0.494 e. The van der Waals surface area contributed by atoms with Crippen molar-refractivity contribution in [3.05, 3.63) is 103 Å². The van der Waals surface area contributed by atoms with E-state index in [0.29, 0.717) is 41.4 Å². The minimum atomic E-state index is -0.512. The molecule has 3 aromatic carbocycles. The van der Waals surface area contributed by atoms with Gasteiger partial charge >= 0.3 is 17.9 Å². The summed E-state index contributed by atoms with van der Waals surface area (Å²) in [6, 6.07) is 21.1. The van der Waals surface area contributed by atoms with Crippen LogP contribution < -0.4 is 14.2 Å². The van der Waals surface area contributed by atoms with E-state index in [9.17, 15) is 14.4 Å². The molecule has 40 heavy (non-hydrogen) atoms. The second-order valence-electron chi connectivity index (χ2n) is 9.47. The average Bonchev–Trinajstić information content (AvgIpc) is 3.30. The van der Waals surface area contributed by atoms with Crippen molar-refractivity contribution >= 4 is 17.9 Å². The number of ether oxygens (including phenoxy) is 4. The second-order valence-corrected chi connectivity index (χ2v) is 9.47. The van der Waals surface area contributed by atoms with Gasteiger partial charge in [0.15, 0.2) is 0 Å². The summed E-state index contributed by atoms with van der Waals surface area (Å²) in [6.07, 6.45) is 6.62. The van der Waals surface area contributed by atoms with Gasteiger partial charge in [-0.25, -0.2) is 14.4 Å². The van der Waals surface area contributed by atoms with E-state index in [1.54, 1.807) is 48.5 Å². The summed E-state index contributed by atoms with van der Waals surface area (Å²) in [4.78, 5) is 35.2. The molecule has 3 aromatic rings. The van der Waals surface area contributed by atoms with Crippen LogP contribution in [0.25, 0.3) is 11.1 Å². The van der Waals surface area contributed by atoms with E-state index >= 15 is 0 Å². The highest BCUT2D eigenvalue weighted by molar-refractivity contribution is 5.91. The predicted molar refractivity (Wildman–Crippen MR) is 151 cm³/mol. The van der Waals surface area contributed by atoms with Crippen LogP contribution in [0.15, 0.2) is 97.6 Å². The van der Waals surface area contributed by atoms with Gasteiger partial charge in [0.1, 0.15) is 23.4 Å². The quantitative estimate of drug-likeness (QED) is 0.101. The molecule has 1 unspecified atom stereocenters. The van der Waals surface area contributed by atoms with Gasteiger partial charge in [0.25, 0.3) is 0 Å². The van der Waals surface area contributed by atoms with Crippen molar-refractivity contribution in [2.24, 2.45) is 0 Å². The Morgan fingerprint density at radius 3 is 1.95 bits per heavy atom. The molecule has 0 bridgehead atoms. The zero-order chi connectivity index (χ0) is 28.3. The summed E-state index contributed by atoms with van der Waals surface area (Å²) >= 11 is 0. The number of hydrogen-bond donors (Lipinski definition) is 0. The molecule has 1 atom stereocenters. The Labute approximate surface area is 234 Å². The zero-order valence-corrected chi connectivity index (χ0v) is 22.3. The maximum absolute atomic E-state index is 12.6. The van der Waals surface area contributed by atoms with Gasteiger partial charge in [-0.2, -0.15) is 0 Å². The Morgan fingerprint density at radius 2 is 1.38 bits per heavy atom. The Bertz CT molecular complexity index is 1320. The van der Waals surface area contributed by atoms with Crippen molar-refractivity contribution in [1.29, 1.82) is 0 Å². The lowest BCUT2D eigenvalue weighted by Gasteiger charge is -2.09. The van der Waals surface area contributed by atoms with Gasteiger partial charge < -0.3 is 18.9 Å². The lowest BCUT2D eigenvalue weighted by Crippen LogP contribution is -2.08. The number of carbonyl (C=O) groups is 3. The molecular formula is C33H32O7. The summed E-state index contributed by atoms with van der Waals surface area (Å²) in [5, 5.41) is 0. The van der Waals surface area contributed by atoms with E-state index in [4.69, 9.17) is 18.9 Å². The number of unbranched alkanes of at least 4 members (excludes halogenated alkanes) is 3. The number of rotatable bonds is 13.